The second-order valence-corrected chi connectivity index (χ2v) is 7.09. The molecule has 1 fully saturated rings. The smallest absolute Gasteiger partial charge is 0.296 e. The van der Waals surface area contributed by atoms with Gasteiger partial charge >= 0.3 is 0 Å². The van der Waals surface area contributed by atoms with Crippen molar-refractivity contribution in [1.29, 1.82) is 0 Å². The zero-order valence-electron chi connectivity index (χ0n) is 16.7. The number of amides is 1. The molecule has 4 rings (SSSR count). The Hall–Kier alpha value is -3.80. The Balaban J connectivity index is 1.87. The van der Waals surface area contributed by atoms with Gasteiger partial charge < -0.3 is 19.2 Å². The molecule has 2 aromatic carbocycles. The summed E-state index contributed by atoms with van der Waals surface area (Å²) >= 11 is 0. The molecule has 2 heterocycles. The van der Waals surface area contributed by atoms with Crippen LogP contribution in [-0.4, -0.2) is 28.8 Å². The highest BCUT2D eigenvalue weighted by Crippen LogP contribution is 2.41. The first-order valence-corrected chi connectivity index (χ1v) is 9.52. The monoisotopic (exact) mass is 403 g/mol. The van der Waals surface area contributed by atoms with E-state index in [1.54, 1.807) is 43.5 Å². The lowest BCUT2D eigenvalue weighted by molar-refractivity contribution is -0.140. The van der Waals surface area contributed by atoms with Crippen molar-refractivity contribution in [3.8, 4) is 5.75 Å². The lowest BCUT2D eigenvalue weighted by Crippen LogP contribution is -2.29. The predicted molar refractivity (Wildman–Crippen MR) is 111 cm³/mol. The first-order valence-electron chi connectivity index (χ1n) is 9.52. The van der Waals surface area contributed by atoms with Crippen LogP contribution in [0.2, 0.25) is 0 Å². The summed E-state index contributed by atoms with van der Waals surface area (Å²) < 4.78 is 10.6. The minimum atomic E-state index is -0.724. The Morgan fingerprint density at radius 3 is 2.43 bits per heavy atom. The maximum Gasteiger partial charge on any atom is 0.296 e. The van der Waals surface area contributed by atoms with Crippen molar-refractivity contribution in [2.45, 2.75) is 19.5 Å². The van der Waals surface area contributed by atoms with Crippen molar-refractivity contribution in [3.05, 3.63) is 95.0 Å². The summed E-state index contributed by atoms with van der Waals surface area (Å²) in [5.74, 6) is -0.427. The number of ether oxygens (including phenoxy) is 1. The van der Waals surface area contributed by atoms with Gasteiger partial charge in [0.15, 0.2) is 0 Å². The Bertz CT molecular complexity index is 1110. The molecule has 0 bridgehead atoms. The van der Waals surface area contributed by atoms with Gasteiger partial charge in [-0.25, -0.2) is 0 Å². The maximum atomic E-state index is 13.0. The number of rotatable bonds is 5. The van der Waals surface area contributed by atoms with Gasteiger partial charge in [0, 0.05) is 5.56 Å². The number of aryl methyl sites for hydroxylation is 1. The van der Waals surface area contributed by atoms with Crippen molar-refractivity contribution in [2.75, 3.05) is 7.11 Å². The van der Waals surface area contributed by atoms with E-state index in [1.807, 2.05) is 31.2 Å². The fourth-order valence-corrected chi connectivity index (χ4v) is 3.73. The van der Waals surface area contributed by atoms with E-state index in [4.69, 9.17) is 9.15 Å². The number of hydrogen-bond donors (Lipinski definition) is 1. The number of methoxy groups -OCH3 is 1. The first-order chi connectivity index (χ1) is 14.5. The summed E-state index contributed by atoms with van der Waals surface area (Å²) in [6.45, 7) is 2.03. The summed E-state index contributed by atoms with van der Waals surface area (Å²) in [7, 11) is 1.55. The number of nitrogens with zero attached hydrogens (tertiary/aromatic N) is 1. The molecule has 1 aromatic heterocycles. The van der Waals surface area contributed by atoms with Crippen LogP contribution in [0.5, 0.6) is 5.75 Å². The third-order valence-corrected chi connectivity index (χ3v) is 5.29. The number of carbonyl (C=O) groups excluding carboxylic acids is 2. The van der Waals surface area contributed by atoms with Gasteiger partial charge in [-0.05, 0) is 54.4 Å². The third kappa shape index (κ3) is 3.37. The molecule has 0 saturated carbocycles. The SMILES string of the molecule is COc1ccc(/C(O)=C2/C(=O)C(=O)N(Cc3ccco3)C2c2ccccc2C)cc1. The highest BCUT2D eigenvalue weighted by molar-refractivity contribution is 6.46. The van der Waals surface area contributed by atoms with E-state index < -0.39 is 17.7 Å². The van der Waals surface area contributed by atoms with Gasteiger partial charge in [-0.1, -0.05) is 24.3 Å². The number of Topliss-reactive ketones (excluding diaryl/α,β-unsaturated/α-hetero) is 1. The zero-order chi connectivity index (χ0) is 21.3. The number of furan rings is 1. The normalized spacial score (nSPS) is 18.1. The highest BCUT2D eigenvalue weighted by Gasteiger charge is 2.46. The van der Waals surface area contributed by atoms with Gasteiger partial charge in [-0.3, -0.25) is 9.59 Å². The van der Waals surface area contributed by atoms with Crippen LogP contribution in [0.25, 0.3) is 5.76 Å². The van der Waals surface area contributed by atoms with E-state index >= 15 is 0 Å². The number of ketones is 1. The molecule has 0 aliphatic carbocycles. The molecule has 1 unspecified atom stereocenters. The Morgan fingerprint density at radius 2 is 1.80 bits per heavy atom. The van der Waals surface area contributed by atoms with Crippen LogP contribution in [0.1, 0.15) is 28.5 Å². The van der Waals surface area contributed by atoms with Gasteiger partial charge in [0.1, 0.15) is 17.3 Å². The average Bonchev–Trinajstić information content (AvgIpc) is 3.36. The van der Waals surface area contributed by atoms with E-state index in [0.717, 1.165) is 11.1 Å². The zero-order valence-corrected chi connectivity index (χ0v) is 16.7. The topological polar surface area (TPSA) is 80.0 Å². The molecule has 3 aromatic rings. The summed E-state index contributed by atoms with van der Waals surface area (Å²) in [6, 6.07) is 17.0. The minimum Gasteiger partial charge on any atom is -0.507 e. The first kappa shape index (κ1) is 19.5. The van der Waals surface area contributed by atoms with Crippen LogP contribution in [-0.2, 0) is 16.1 Å². The van der Waals surface area contributed by atoms with E-state index in [2.05, 4.69) is 0 Å². The molecule has 1 saturated heterocycles. The minimum absolute atomic E-state index is 0.0611. The summed E-state index contributed by atoms with van der Waals surface area (Å²) in [5.41, 5.74) is 2.18. The molecule has 152 valence electrons. The Morgan fingerprint density at radius 1 is 1.07 bits per heavy atom. The number of likely N-dealkylation sites (tertiary alicyclic amines) is 1. The molecular formula is C24H21NO5. The second kappa shape index (κ2) is 7.91. The lowest BCUT2D eigenvalue weighted by Gasteiger charge is -2.25. The number of aliphatic hydroxyl groups excluding tert-OH is 1. The largest absolute Gasteiger partial charge is 0.507 e. The van der Waals surface area contributed by atoms with Gasteiger partial charge in [-0.15, -0.1) is 0 Å². The van der Waals surface area contributed by atoms with Crippen LogP contribution in [0, 0.1) is 6.92 Å². The summed E-state index contributed by atoms with van der Waals surface area (Å²) in [4.78, 5) is 27.4. The number of aliphatic hydroxyl groups is 1. The maximum absolute atomic E-state index is 13.0. The van der Waals surface area contributed by atoms with E-state index in [0.29, 0.717) is 17.1 Å². The van der Waals surface area contributed by atoms with E-state index in [9.17, 15) is 14.7 Å². The van der Waals surface area contributed by atoms with Crippen molar-refractivity contribution in [3.63, 3.8) is 0 Å². The van der Waals surface area contributed by atoms with Gasteiger partial charge in [0.2, 0.25) is 0 Å². The van der Waals surface area contributed by atoms with Crippen LogP contribution >= 0.6 is 0 Å². The standard InChI is InChI=1S/C24H21NO5/c1-15-6-3-4-8-19(15)21-20(22(26)16-9-11-17(29-2)12-10-16)23(27)24(28)25(21)14-18-7-5-13-30-18/h3-13,21,26H,14H2,1-2H3/b22-20-. The molecule has 1 atom stereocenters. The predicted octanol–water partition coefficient (Wildman–Crippen LogP) is 4.22. The lowest BCUT2D eigenvalue weighted by atomic mass is 9.92. The number of benzene rings is 2. The quantitative estimate of drug-likeness (QED) is 0.392. The molecule has 1 N–H and O–H groups in total. The van der Waals surface area contributed by atoms with Crippen molar-refractivity contribution in [1.82, 2.24) is 4.90 Å². The van der Waals surface area contributed by atoms with Crippen LogP contribution in [0.15, 0.2) is 76.9 Å². The fraction of sp³-hybridized carbons (Fsp3) is 0.167. The van der Waals surface area contributed by atoms with Gasteiger partial charge in [0.05, 0.1) is 31.5 Å². The van der Waals surface area contributed by atoms with Gasteiger partial charge in [0.25, 0.3) is 11.7 Å². The van der Waals surface area contributed by atoms with Crippen molar-refractivity contribution < 1.29 is 23.8 Å². The van der Waals surface area contributed by atoms with Crippen LogP contribution < -0.4 is 4.74 Å². The Labute approximate surface area is 174 Å². The molecule has 0 radical (unpaired) electrons. The molecule has 6 nitrogen and oxygen atoms in total. The number of hydrogen-bond acceptors (Lipinski definition) is 5. The average molecular weight is 403 g/mol. The molecule has 0 spiro atoms. The Kier molecular flexibility index (Phi) is 5.14. The van der Waals surface area contributed by atoms with Crippen molar-refractivity contribution in [2.24, 2.45) is 0 Å². The molecule has 1 aliphatic rings. The molecule has 1 aliphatic heterocycles. The van der Waals surface area contributed by atoms with E-state index in [-0.39, 0.29) is 17.9 Å². The highest BCUT2D eigenvalue weighted by atomic mass is 16.5. The summed E-state index contributed by atoms with van der Waals surface area (Å²) in [6.07, 6.45) is 1.52. The summed E-state index contributed by atoms with van der Waals surface area (Å²) in [5, 5.41) is 11.1. The molecule has 30 heavy (non-hydrogen) atoms. The number of carbonyl (C=O) groups is 2. The fourth-order valence-electron chi connectivity index (χ4n) is 3.73. The van der Waals surface area contributed by atoms with E-state index in [1.165, 1.54) is 11.2 Å². The molecular weight excluding hydrogens is 382 g/mol. The van der Waals surface area contributed by atoms with Crippen molar-refractivity contribution >= 4 is 17.4 Å². The molecule has 6 heteroatoms. The van der Waals surface area contributed by atoms with Crippen LogP contribution in [0.4, 0.5) is 0 Å². The van der Waals surface area contributed by atoms with Crippen LogP contribution in [0.3, 0.4) is 0 Å². The van der Waals surface area contributed by atoms with Gasteiger partial charge in [-0.2, -0.15) is 0 Å². The molecule has 1 amide bonds. The third-order valence-electron chi connectivity index (χ3n) is 5.29. The second-order valence-electron chi connectivity index (χ2n) is 7.09.